The molecule has 7 heteroatoms. The minimum Gasteiger partial charge on any atom is -0.326 e. The van der Waals surface area contributed by atoms with Crippen molar-refractivity contribution in [3.05, 3.63) is 72.3 Å². The third-order valence-corrected chi connectivity index (χ3v) is 7.51. The number of nitrogens with one attached hydrogen (secondary N) is 1. The molecule has 1 atom stereocenters. The molecule has 3 aromatic carbocycles. The molecule has 4 rings (SSSR count). The standard InChI is InChI=1S/C24H24N2O4S/c1-17(27)19-8-4-10-22(14-19)25-24(28)21-9-5-13-26(16-21)31(29,30)23-12-11-18-6-2-3-7-20(18)15-23/h2-4,6-8,10-12,14-15,21H,5,9,13,16H2,1H3,(H,25,28)/t21-/m0/s1. The fourth-order valence-electron chi connectivity index (χ4n) is 3.91. The van der Waals surface area contributed by atoms with Crippen LogP contribution in [-0.2, 0) is 14.8 Å². The molecular weight excluding hydrogens is 412 g/mol. The number of fused-ring (bicyclic) bond motifs is 1. The molecule has 0 aromatic heterocycles. The van der Waals surface area contributed by atoms with Gasteiger partial charge in [0.1, 0.15) is 0 Å². The Bertz CT molecular complexity index is 1250. The molecule has 1 amide bonds. The molecule has 3 aromatic rings. The molecular formula is C24H24N2O4S. The smallest absolute Gasteiger partial charge is 0.243 e. The molecule has 6 nitrogen and oxygen atoms in total. The van der Waals surface area contributed by atoms with Gasteiger partial charge in [-0.25, -0.2) is 8.42 Å². The number of ketones is 1. The van der Waals surface area contributed by atoms with Gasteiger partial charge in [0, 0.05) is 24.3 Å². The molecule has 0 unspecified atom stereocenters. The van der Waals surface area contributed by atoms with Crippen LogP contribution in [0.25, 0.3) is 10.8 Å². The summed E-state index contributed by atoms with van der Waals surface area (Å²) in [6.45, 7) is 1.99. The van der Waals surface area contributed by atoms with Crippen LogP contribution in [0.2, 0.25) is 0 Å². The van der Waals surface area contributed by atoms with Crippen molar-refractivity contribution in [1.82, 2.24) is 4.31 Å². The lowest BCUT2D eigenvalue weighted by molar-refractivity contribution is -0.120. The predicted molar refractivity (Wildman–Crippen MR) is 121 cm³/mol. The maximum atomic E-state index is 13.2. The second kappa shape index (κ2) is 8.61. The highest BCUT2D eigenvalue weighted by Gasteiger charge is 2.33. The number of benzene rings is 3. The number of hydrogen-bond acceptors (Lipinski definition) is 4. The van der Waals surface area contributed by atoms with Crippen LogP contribution < -0.4 is 5.32 Å². The second-order valence-electron chi connectivity index (χ2n) is 7.84. The summed E-state index contributed by atoms with van der Waals surface area (Å²) in [5.74, 6) is -0.773. The number of anilines is 1. The number of sulfonamides is 1. The molecule has 1 aliphatic heterocycles. The highest BCUT2D eigenvalue weighted by Crippen LogP contribution is 2.27. The summed E-state index contributed by atoms with van der Waals surface area (Å²) in [6.07, 6.45) is 1.22. The van der Waals surface area contributed by atoms with Crippen LogP contribution >= 0.6 is 0 Å². The third-order valence-electron chi connectivity index (χ3n) is 5.65. The Labute approximate surface area is 181 Å². The quantitative estimate of drug-likeness (QED) is 0.611. The molecule has 1 N–H and O–H groups in total. The van der Waals surface area contributed by atoms with Crippen LogP contribution in [0.1, 0.15) is 30.1 Å². The van der Waals surface area contributed by atoms with E-state index < -0.39 is 15.9 Å². The van der Waals surface area contributed by atoms with Crippen LogP contribution in [0.4, 0.5) is 5.69 Å². The number of nitrogens with zero attached hydrogens (tertiary/aromatic N) is 1. The monoisotopic (exact) mass is 436 g/mol. The number of hydrogen-bond donors (Lipinski definition) is 1. The van der Waals surface area contributed by atoms with Gasteiger partial charge >= 0.3 is 0 Å². The lowest BCUT2D eigenvalue weighted by atomic mass is 9.98. The van der Waals surface area contributed by atoms with Crippen molar-refractivity contribution in [2.24, 2.45) is 5.92 Å². The molecule has 0 spiro atoms. The van der Waals surface area contributed by atoms with Crippen molar-refractivity contribution in [2.45, 2.75) is 24.7 Å². The van der Waals surface area contributed by atoms with E-state index >= 15 is 0 Å². The first-order valence-corrected chi connectivity index (χ1v) is 11.7. The molecule has 1 heterocycles. The SMILES string of the molecule is CC(=O)c1cccc(NC(=O)[C@H]2CCCN(S(=O)(=O)c3ccc4ccccc4c3)C2)c1. The van der Waals surface area contributed by atoms with Gasteiger partial charge < -0.3 is 5.32 Å². The van der Waals surface area contributed by atoms with Gasteiger partial charge in [0.25, 0.3) is 0 Å². The summed E-state index contributed by atoms with van der Waals surface area (Å²) in [5.41, 5.74) is 1.05. The van der Waals surface area contributed by atoms with Crippen LogP contribution in [0.15, 0.2) is 71.6 Å². The Morgan fingerprint density at radius 3 is 2.52 bits per heavy atom. The van der Waals surface area contributed by atoms with E-state index in [4.69, 9.17) is 0 Å². The van der Waals surface area contributed by atoms with Gasteiger partial charge in [0.15, 0.2) is 5.78 Å². The van der Waals surface area contributed by atoms with E-state index in [0.29, 0.717) is 30.6 Å². The first-order chi connectivity index (χ1) is 14.8. The van der Waals surface area contributed by atoms with E-state index in [1.165, 1.54) is 11.2 Å². The maximum absolute atomic E-state index is 13.2. The van der Waals surface area contributed by atoms with Crippen LogP contribution in [-0.4, -0.2) is 37.5 Å². The number of rotatable bonds is 5. The van der Waals surface area contributed by atoms with E-state index in [2.05, 4.69) is 5.32 Å². The van der Waals surface area contributed by atoms with Crippen molar-refractivity contribution in [3.63, 3.8) is 0 Å². The minimum atomic E-state index is -3.70. The van der Waals surface area contributed by atoms with Crippen molar-refractivity contribution >= 4 is 38.2 Å². The van der Waals surface area contributed by atoms with Gasteiger partial charge in [-0.2, -0.15) is 4.31 Å². The Hall–Kier alpha value is -3.03. The van der Waals surface area contributed by atoms with Gasteiger partial charge in [-0.1, -0.05) is 42.5 Å². The first-order valence-electron chi connectivity index (χ1n) is 10.3. The van der Waals surface area contributed by atoms with Crippen LogP contribution in [0.5, 0.6) is 0 Å². The van der Waals surface area contributed by atoms with Gasteiger partial charge in [-0.15, -0.1) is 0 Å². The molecule has 0 bridgehead atoms. The second-order valence-corrected chi connectivity index (χ2v) is 9.78. The molecule has 1 saturated heterocycles. The predicted octanol–water partition coefficient (Wildman–Crippen LogP) is 4.08. The topological polar surface area (TPSA) is 83.6 Å². The summed E-state index contributed by atoms with van der Waals surface area (Å²) in [5, 5.41) is 4.67. The number of carbonyl (C=O) groups excluding carboxylic acids is 2. The zero-order valence-corrected chi connectivity index (χ0v) is 18.1. The molecule has 31 heavy (non-hydrogen) atoms. The van der Waals surface area contributed by atoms with Gasteiger partial charge in [-0.05, 0) is 54.8 Å². The number of Topliss-reactive ketones (excluding diaryl/α,β-unsaturated/α-hetero) is 1. The largest absolute Gasteiger partial charge is 0.326 e. The Kier molecular flexibility index (Phi) is 5.89. The first kappa shape index (κ1) is 21.2. The average molecular weight is 437 g/mol. The van der Waals surface area contributed by atoms with E-state index in [1.54, 1.807) is 42.5 Å². The lowest BCUT2D eigenvalue weighted by Gasteiger charge is -2.31. The van der Waals surface area contributed by atoms with Crippen molar-refractivity contribution in [3.8, 4) is 0 Å². The maximum Gasteiger partial charge on any atom is 0.243 e. The Morgan fingerprint density at radius 1 is 0.968 bits per heavy atom. The van der Waals surface area contributed by atoms with Gasteiger partial charge in [-0.3, -0.25) is 9.59 Å². The fraction of sp³-hybridized carbons (Fsp3) is 0.250. The summed E-state index contributed by atoms with van der Waals surface area (Å²) in [7, 11) is -3.70. The Morgan fingerprint density at radius 2 is 1.74 bits per heavy atom. The Balaban J connectivity index is 1.51. The van der Waals surface area contributed by atoms with Crippen LogP contribution in [0.3, 0.4) is 0 Å². The zero-order valence-electron chi connectivity index (χ0n) is 17.2. The van der Waals surface area contributed by atoms with E-state index in [1.807, 2.05) is 24.3 Å². The molecule has 1 aliphatic rings. The van der Waals surface area contributed by atoms with E-state index in [-0.39, 0.29) is 23.1 Å². The summed E-state index contributed by atoms with van der Waals surface area (Å²) < 4.78 is 27.9. The van der Waals surface area contributed by atoms with Crippen LogP contribution in [0, 0.1) is 5.92 Å². The summed E-state index contributed by atoms with van der Waals surface area (Å²) >= 11 is 0. The lowest BCUT2D eigenvalue weighted by Crippen LogP contribution is -2.43. The molecule has 0 saturated carbocycles. The zero-order chi connectivity index (χ0) is 22.0. The van der Waals surface area contributed by atoms with E-state index in [9.17, 15) is 18.0 Å². The normalized spacial score (nSPS) is 17.4. The summed E-state index contributed by atoms with van der Waals surface area (Å²) in [6, 6.07) is 19.5. The minimum absolute atomic E-state index is 0.0820. The van der Waals surface area contributed by atoms with Gasteiger partial charge in [0.2, 0.25) is 15.9 Å². The van der Waals surface area contributed by atoms with E-state index in [0.717, 1.165) is 10.8 Å². The molecule has 1 fully saturated rings. The summed E-state index contributed by atoms with van der Waals surface area (Å²) in [4.78, 5) is 24.6. The van der Waals surface area contributed by atoms with Crippen molar-refractivity contribution < 1.29 is 18.0 Å². The number of amides is 1. The highest BCUT2D eigenvalue weighted by molar-refractivity contribution is 7.89. The van der Waals surface area contributed by atoms with Crippen molar-refractivity contribution in [2.75, 3.05) is 18.4 Å². The highest BCUT2D eigenvalue weighted by atomic mass is 32.2. The number of carbonyl (C=O) groups is 2. The third kappa shape index (κ3) is 4.52. The molecule has 0 radical (unpaired) electrons. The number of piperidine rings is 1. The van der Waals surface area contributed by atoms with Crippen molar-refractivity contribution in [1.29, 1.82) is 0 Å². The average Bonchev–Trinajstić information content (AvgIpc) is 2.79. The van der Waals surface area contributed by atoms with Gasteiger partial charge in [0.05, 0.1) is 10.8 Å². The molecule has 160 valence electrons. The fourth-order valence-corrected chi connectivity index (χ4v) is 5.47. The molecule has 0 aliphatic carbocycles.